The lowest BCUT2D eigenvalue weighted by molar-refractivity contribution is -0.118. The lowest BCUT2D eigenvalue weighted by atomic mass is 10.2. The summed E-state index contributed by atoms with van der Waals surface area (Å²) in [6, 6.07) is 15.5. The standard InChI is InChI=1S/C19H16FN3O2S2/c20-15-8-10-16(11-9-15)25-13-17(24)21-18-22-23-19(27-18)26-12-4-7-14-5-2-1-3-6-14/h1-11H,12-13H2,(H,21,22,24). The molecule has 0 saturated carbocycles. The van der Waals surface area contributed by atoms with Crippen molar-refractivity contribution in [1.82, 2.24) is 10.2 Å². The van der Waals surface area contributed by atoms with Crippen molar-refractivity contribution in [3.05, 3.63) is 72.1 Å². The van der Waals surface area contributed by atoms with Crippen LogP contribution in [-0.2, 0) is 4.79 Å². The fraction of sp³-hybridized carbons (Fsp3) is 0.105. The summed E-state index contributed by atoms with van der Waals surface area (Å²) in [7, 11) is 0. The molecule has 0 unspecified atom stereocenters. The second kappa shape index (κ2) is 9.84. The van der Waals surface area contributed by atoms with Crippen LogP contribution in [-0.4, -0.2) is 28.5 Å². The zero-order valence-corrected chi connectivity index (χ0v) is 15.8. The number of nitrogens with one attached hydrogen (secondary N) is 1. The van der Waals surface area contributed by atoms with Crippen molar-refractivity contribution in [1.29, 1.82) is 0 Å². The number of hydrogen-bond donors (Lipinski definition) is 1. The van der Waals surface area contributed by atoms with Crippen LogP contribution in [0.2, 0.25) is 0 Å². The fourth-order valence-corrected chi connectivity index (χ4v) is 3.63. The zero-order valence-electron chi connectivity index (χ0n) is 14.2. The van der Waals surface area contributed by atoms with Crippen LogP contribution in [0.1, 0.15) is 5.56 Å². The predicted molar refractivity (Wildman–Crippen MR) is 107 cm³/mol. The summed E-state index contributed by atoms with van der Waals surface area (Å²) < 4.78 is 18.9. The molecule has 0 aliphatic heterocycles. The summed E-state index contributed by atoms with van der Waals surface area (Å²) in [6.07, 6.45) is 4.10. The summed E-state index contributed by atoms with van der Waals surface area (Å²) in [6.45, 7) is -0.187. The molecule has 1 aromatic heterocycles. The molecule has 0 spiro atoms. The van der Waals surface area contributed by atoms with Crippen molar-refractivity contribution < 1.29 is 13.9 Å². The van der Waals surface area contributed by atoms with Gasteiger partial charge in [-0.1, -0.05) is 65.6 Å². The highest BCUT2D eigenvalue weighted by Gasteiger charge is 2.09. The van der Waals surface area contributed by atoms with Gasteiger partial charge in [0.15, 0.2) is 10.9 Å². The maximum Gasteiger partial charge on any atom is 0.264 e. The molecule has 0 saturated heterocycles. The Morgan fingerprint density at radius 3 is 2.70 bits per heavy atom. The van der Waals surface area contributed by atoms with E-state index in [9.17, 15) is 9.18 Å². The molecular formula is C19H16FN3O2S2. The number of benzene rings is 2. The summed E-state index contributed by atoms with van der Waals surface area (Å²) in [4.78, 5) is 11.9. The number of carbonyl (C=O) groups excluding carboxylic acids is 1. The number of anilines is 1. The third-order valence-corrected chi connectivity index (χ3v) is 5.17. The van der Waals surface area contributed by atoms with E-state index in [0.717, 1.165) is 15.7 Å². The molecule has 1 heterocycles. The second-order valence-electron chi connectivity index (χ2n) is 5.29. The van der Waals surface area contributed by atoms with Gasteiger partial charge in [0.1, 0.15) is 11.6 Å². The molecule has 0 radical (unpaired) electrons. The van der Waals surface area contributed by atoms with E-state index in [1.54, 1.807) is 0 Å². The van der Waals surface area contributed by atoms with Crippen molar-refractivity contribution >= 4 is 40.2 Å². The van der Waals surface area contributed by atoms with Crippen LogP contribution in [0.5, 0.6) is 5.75 Å². The highest BCUT2D eigenvalue weighted by Crippen LogP contribution is 2.25. The maximum atomic E-state index is 12.8. The molecule has 5 nitrogen and oxygen atoms in total. The molecular weight excluding hydrogens is 385 g/mol. The van der Waals surface area contributed by atoms with E-state index in [1.807, 2.05) is 36.4 Å². The van der Waals surface area contributed by atoms with Gasteiger partial charge in [0, 0.05) is 5.75 Å². The molecule has 3 aromatic rings. The van der Waals surface area contributed by atoms with E-state index in [1.165, 1.54) is 47.4 Å². The van der Waals surface area contributed by atoms with E-state index in [4.69, 9.17) is 4.74 Å². The average Bonchev–Trinajstić information content (AvgIpc) is 3.13. The first-order chi connectivity index (χ1) is 13.2. The van der Waals surface area contributed by atoms with Gasteiger partial charge < -0.3 is 4.74 Å². The minimum atomic E-state index is -0.357. The summed E-state index contributed by atoms with van der Waals surface area (Å²) in [5.41, 5.74) is 1.14. The number of carbonyl (C=O) groups is 1. The van der Waals surface area contributed by atoms with Crippen LogP contribution in [0.15, 0.2) is 65.0 Å². The highest BCUT2D eigenvalue weighted by atomic mass is 32.2. The van der Waals surface area contributed by atoms with Gasteiger partial charge in [0.25, 0.3) is 5.91 Å². The van der Waals surface area contributed by atoms with Crippen molar-refractivity contribution in [2.75, 3.05) is 17.7 Å². The molecule has 3 rings (SSSR count). The van der Waals surface area contributed by atoms with Gasteiger partial charge in [0.05, 0.1) is 0 Å². The van der Waals surface area contributed by atoms with E-state index in [0.29, 0.717) is 10.9 Å². The Labute approximate surface area is 164 Å². The van der Waals surface area contributed by atoms with Crippen LogP contribution < -0.4 is 10.1 Å². The summed E-state index contributed by atoms with van der Waals surface area (Å²) in [5.74, 6) is 0.469. The molecule has 138 valence electrons. The van der Waals surface area contributed by atoms with Crippen molar-refractivity contribution in [2.45, 2.75) is 4.34 Å². The fourth-order valence-electron chi connectivity index (χ4n) is 2.02. The molecule has 0 bridgehead atoms. The Morgan fingerprint density at radius 2 is 1.93 bits per heavy atom. The lowest BCUT2D eigenvalue weighted by Crippen LogP contribution is -2.20. The molecule has 0 aliphatic rings. The smallest absolute Gasteiger partial charge is 0.264 e. The first kappa shape index (κ1) is 19.1. The van der Waals surface area contributed by atoms with E-state index in [-0.39, 0.29) is 18.3 Å². The minimum absolute atomic E-state index is 0.187. The molecule has 1 N–H and O–H groups in total. The molecule has 0 fully saturated rings. The Hall–Kier alpha value is -2.71. The summed E-state index contributed by atoms with van der Waals surface area (Å²) in [5, 5.41) is 11.0. The number of nitrogens with zero attached hydrogens (tertiary/aromatic N) is 2. The van der Waals surface area contributed by atoms with Crippen LogP contribution in [0.25, 0.3) is 6.08 Å². The Morgan fingerprint density at radius 1 is 1.15 bits per heavy atom. The molecule has 8 heteroatoms. The van der Waals surface area contributed by atoms with Gasteiger partial charge in [0.2, 0.25) is 5.13 Å². The third kappa shape index (κ3) is 6.50. The summed E-state index contributed by atoms with van der Waals surface area (Å²) >= 11 is 2.84. The number of aromatic nitrogens is 2. The topological polar surface area (TPSA) is 64.1 Å². The molecule has 2 aromatic carbocycles. The van der Waals surface area contributed by atoms with Gasteiger partial charge in [-0.2, -0.15) is 0 Å². The van der Waals surface area contributed by atoms with Gasteiger partial charge in [-0.3, -0.25) is 10.1 Å². The molecule has 0 aliphatic carbocycles. The quantitative estimate of drug-likeness (QED) is 0.445. The minimum Gasteiger partial charge on any atom is -0.484 e. The van der Waals surface area contributed by atoms with Crippen molar-refractivity contribution in [2.24, 2.45) is 0 Å². The van der Waals surface area contributed by atoms with Gasteiger partial charge in [-0.15, -0.1) is 10.2 Å². The highest BCUT2D eigenvalue weighted by molar-refractivity contribution is 8.01. The Bertz CT molecular complexity index is 899. The number of amides is 1. The molecule has 1 amide bonds. The number of thioether (sulfide) groups is 1. The Balaban J connectivity index is 1.41. The van der Waals surface area contributed by atoms with E-state index in [2.05, 4.69) is 21.6 Å². The first-order valence-corrected chi connectivity index (χ1v) is 9.85. The number of ether oxygens (including phenoxy) is 1. The third-order valence-electron chi connectivity index (χ3n) is 3.25. The largest absolute Gasteiger partial charge is 0.484 e. The van der Waals surface area contributed by atoms with Crippen LogP contribution in [0.3, 0.4) is 0 Å². The SMILES string of the molecule is O=C(COc1ccc(F)cc1)Nc1nnc(SCC=Cc2ccccc2)s1. The van der Waals surface area contributed by atoms with Gasteiger partial charge >= 0.3 is 0 Å². The van der Waals surface area contributed by atoms with Crippen LogP contribution in [0.4, 0.5) is 9.52 Å². The monoisotopic (exact) mass is 401 g/mol. The number of rotatable bonds is 8. The van der Waals surface area contributed by atoms with Crippen molar-refractivity contribution in [3.63, 3.8) is 0 Å². The van der Waals surface area contributed by atoms with E-state index >= 15 is 0 Å². The lowest BCUT2D eigenvalue weighted by Gasteiger charge is -2.05. The zero-order chi connectivity index (χ0) is 18.9. The first-order valence-electron chi connectivity index (χ1n) is 8.05. The number of halogens is 1. The molecule has 27 heavy (non-hydrogen) atoms. The second-order valence-corrected chi connectivity index (χ2v) is 7.53. The average molecular weight is 401 g/mol. The van der Waals surface area contributed by atoms with E-state index < -0.39 is 0 Å². The predicted octanol–water partition coefficient (Wildman–Crippen LogP) is 4.50. The Kier molecular flexibility index (Phi) is 6.95. The van der Waals surface area contributed by atoms with Crippen molar-refractivity contribution in [3.8, 4) is 5.75 Å². The molecule has 0 atom stereocenters. The van der Waals surface area contributed by atoms with Gasteiger partial charge in [-0.25, -0.2) is 4.39 Å². The van der Waals surface area contributed by atoms with Crippen LogP contribution >= 0.6 is 23.1 Å². The van der Waals surface area contributed by atoms with Crippen LogP contribution in [0, 0.1) is 5.82 Å². The normalized spacial score (nSPS) is 10.9. The van der Waals surface area contributed by atoms with Gasteiger partial charge in [-0.05, 0) is 29.8 Å². The maximum absolute atomic E-state index is 12.8. The number of hydrogen-bond acceptors (Lipinski definition) is 6.